The van der Waals surface area contributed by atoms with E-state index in [0.717, 1.165) is 5.56 Å². The van der Waals surface area contributed by atoms with Crippen LogP contribution in [-0.2, 0) is 14.9 Å². The summed E-state index contributed by atoms with van der Waals surface area (Å²) in [4.78, 5) is 13.6. The molecule has 0 spiro atoms. The van der Waals surface area contributed by atoms with Gasteiger partial charge >= 0.3 is 5.97 Å². The highest BCUT2D eigenvalue weighted by Gasteiger charge is 2.42. The molecule has 0 amide bonds. The molecule has 1 saturated heterocycles. The smallest absolute Gasteiger partial charge is 0.304 e. The molecule has 0 unspecified atom stereocenters. The van der Waals surface area contributed by atoms with Gasteiger partial charge in [0.25, 0.3) is 0 Å². The second-order valence-electron chi connectivity index (χ2n) is 3.44. The zero-order valence-electron chi connectivity index (χ0n) is 7.12. The third-order valence-electron chi connectivity index (χ3n) is 2.46. The quantitative estimate of drug-likeness (QED) is 0.723. The molecule has 4 heteroatoms. The van der Waals surface area contributed by atoms with Gasteiger partial charge < -0.3 is 14.8 Å². The summed E-state index contributed by atoms with van der Waals surface area (Å²) in [5.41, 5.74) is 0.743. The Kier molecular flexibility index (Phi) is 1.84. The fraction of sp³-hybridized carbons (Fsp3) is 0.444. The van der Waals surface area contributed by atoms with Gasteiger partial charge in [-0.3, -0.25) is 4.79 Å². The van der Waals surface area contributed by atoms with Crippen molar-refractivity contribution in [2.24, 2.45) is 0 Å². The standard InChI is InChI=1S/C9H11NO3/c11-8(12)3-9(5-13-6-9)7-1-2-10-4-7/h1-2,4,10H,3,5-6H2,(H,11,12). The van der Waals surface area contributed by atoms with Crippen LogP contribution in [-0.4, -0.2) is 29.3 Å². The number of ether oxygens (including phenoxy) is 1. The predicted molar refractivity (Wildman–Crippen MR) is 45.5 cm³/mol. The molecule has 0 saturated carbocycles. The zero-order valence-corrected chi connectivity index (χ0v) is 7.12. The van der Waals surface area contributed by atoms with E-state index in [0.29, 0.717) is 13.2 Å². The highest BCUT2D eigenvalue weighted by atomic mass is 16.5. The summed E-state index contributed by atoms with van der Waals surface area (Å²) in [7, 11) is 0. The highest BCUT2D eigenvalue weighted by molar-refractivity contribution is 5.69. The Morgan fingerprint density at radius 1 is 1.69 bits per heavy atom. The first kappa shape index (κ1) is 8.31. The van der Waals surface area contributed by atoms with E-state index in [1.165, 1.54) is 0 Å². The van der Waals surface area contributed by atoms with E-state index >= 15 is 0 Å². The molecule has 0 atom stereocenters. The molecular formula is C9H11NO3. The SMILES string of the molecule is O=C(O)CC1(c2cc[nH]c2)COC1. The topological polar surface area (TPSA) is 62.3 Å². The van der Waals surface area contributed by atoms with Gasteiger partial charge in [0.1, 0.15) is 0 Å². The summed E-state index contributed by atoms with van der Waals surface area (Å²) < 4.78 is 5.09. The predicted octanol–water partition coefficient (Wildman–Crippen LogP) is 0.757. The Morgan fingerprint density at radius 3 is 2.85 bits per heavy atom. The Morgan fingerprint density at radius 2 is 2.46 bits per heavy atom. The van der Waals surface area contributed by atoms with Gasteiger partial charge in [-0.15, -0.1) is 0 Å². The van der Waals surface area contributed by atoms with E-state index in [2.05, 4.69) is 4.98 Å². The van der Waals surface area contributed by atoms with Gasteiger partial charge in [0.2, 0.25) is 0 Å². The molecular weight excluding hydrogens is 170 g/mol. The first-order valence-corrected chi connectivity index (χ1v) is 4.16. The van der Waals surface area contributed by atoms with Crippen LogP contribution in [0, 0.1) is 0 Å². The number of carboxylic acid groups (broad SMARTS) is 1. The van der Waals surface area contributed by atoms with Crippen molar-refractivity contribution in [2.75, 3.05) is 13.2 Å². The van der Waals surface area contributed by atoms with E-state index in [-0.39, 0.29) is 11.8 Å². The van der Waals surface area contributed by atoms with Crippen molar-refractivity contribution in [1.82, 2.24) is 4.98 Å². The van der Waals surface area contributed by atoms with Crippen molar-refractivity contribution in [3.63, 3.8) is 0 Å². The summed E-state index contributed by atoms with van der Waals surface area (Å²) in [5, 5.41) is 8.75. The summed E-state index contributed by atoms with van der Waals surface area (Å²) in [6, 6.07) is 1.91. The number of carboxylic acids is 1. The van der Waals surface area contributed by atoms with Gasteiger partial charge in [0, 0.05) is 12.4 Å². The van der Waals surface area contributed by atoms with Crippen LogP contribution in [0.25, 0.3) is 0 Å². The molecule has 1 aromatic heterocycles. The number of rotatable bonds is 3. The molecule has 2 heterocycles. The average Bonchev–Trinajstić information content (AvgIpc) is 2.48. The second kappa shape index (κ2) is 2.88. The summed E-state index contributed by atoms with van der Waals surface area (Å²) >= 11 is 0. The number of aliphatic carboxylic acids is 1. The molecule has 2 rings (SSSR count). The lowest BCUT2D eigenvalue weighted by Gasteiger charge is -2.39. The zero-order chi connectivity index (χ0) is 9.31. The molecule has 13 heavy (non-hydrogen) atoms. The van der Waals surface area contributed by atoms with Crippen LogP contribution in [0.3, 0.4) is 0 Å². The van der Waals surface area contributed by atoms with E-state index in [9.17, 15) is 4.79 Å². The fourth-order valence-corrected chi connectivity index (χ4v) is 1.66. The molecule has 1 fully saturated rings. The summed E-state index contributed by atoms with van der Waals surface area (Å²) in [5.74, 6) is -0.774. The monoisotopic (exact) mass is 181 g/mol. The normalized spacial score (nSPS) is 19.4. The van der Waals surface area contributed by atoms with E-state index < -0.39 is 5.97 Å². The van der Waals surface area contributed by atoms with Crippen molar-refractivity contribution >= 4 is 5.97 Å². The lowest BCUT2D eigenvalue weighted by Crippen LogP contribution is -2.48. The fourth-order valence-electron chi connectivity index (χ4n) is 1.66. The van der Waals surface area contributed by atoms with Crippen molar-refractivity contribution in [3.05, 3.63) is 24.0 Å². The number of H-pyrrole nitrogens is 1. The molecule has 0 aromatic carbocycles. The van der Waals surface area contributed by atoms with Gasteiger partial charge in [-0.1, -0.05) is 0 Å². The molecule has 1 aromatic rings. The van der Waals surface area contributed by atoms with Crippen molar-refractivity contribution < 1.29 is 14.6 Å². The molecule has 1 aliphatic rings. The Hall–Kier alpha value is -1.29. The largest absolute Gasteiger partial charge is 0.481 e. The molecule has 1 aliphatic heterocycles. The Balaban J connectivity index is 2.20. The molecule has 0 aliphatic carbocycles. The van der Waals surface area contributed by atoms with E-state index in [1.54, 1.807) is 6.20 Å². The maximum Gasteiger partial charge on any atom is 0.304 e. The van der Waals surface area contributed by atoms with Crippen LogP contribution < -0.4 is 0 Å². The van der Waals surface area contributed by atoms with E-state index in [4.69, 9.17) is 9.84 Å². The lowest BCUT2D eigenvalue weighted by atomic mass is 9.77. The number of aromatic nitrogens is 1. The molecule has 0 bridgehead atoms. The first-order chi connectivity index (χ1) is 6.23. The number of hydrogen-bond donors (Lipinski definition) is 2. The summed E-state index contributed by atoms with van der Waals surface area (Å²) in [6.07, 6.45) is 3.79. The second-order valence-corrected chi connectivity index (χ2v) is 3.44. The number of carbonyl (C=O) groups is 1. The van der Waals surface area contributed by atoms with Crippen LogP contribution >= 0.6 is 0 Å². The van der Waals surface area contributed by atoms with Gasteiger partial charge in [0.05, 0.1) is 25.0 Å². The third kappa shape index (κ3) is 1.33. The number of hydrogen-bond acceptors (Lipinski definition) is 2. The van der Waals surface area contributed by atoms with E-state index in [1.807, 2.05) is 12.3 Å². The van der Waals surface area contributed by atoms with Gasteiger partial charge in [-0.25, -0.2) is 0 Å². The molecule has 0 radical (unpaired) electrons. The van der Waals surface area contributed by atoms with Gasteiger partial charge in [-0.05, 0) is 11.6 Å². The van der Waals surface area contributed by atoms with Crippen molar-refractivity contribution in [2.45, 2.75) is 11.8 Å². The lowest BCUT2D eigenvalue weighted by molar-refractivity contribution is -0.145. The average molecular weight is 181 g/mol. The van der Waals surface area contributed by atoms with Crippen LogP contribution in [0.15, 0.2) is 18.5 Å². The minimum Gasteiger partial charge on any atom is -0.481 e. The van der Waals surface area contributed by atoms with Crippen molar-refractivity contribution in [1.29, 1.82) is 0 Å². The maximum absolute atomic E-state index is 10.6. The Labute approximate surface area is 75.5 Å². The Bertz CT molecular complexity index is 301. The van der Waals surface area contributed by atoms with Crippen LogP contribution in [0.1, 0.15) is 12.0 Å². The molecule has 2 N–H and O–H groups in total. The minimum absolute atomic E-state index is 0.144. The van der Waals surface area contributed by atoms with Crippen molar-refractivity contribution in [3.8, 4) is 0 Å². The van der Waals surface area contributed by atoms with Crippen LogP contribution in [0.5, 0.6) is 0 Å². The third-order valence-corrected chi connectivity index (χ3v) is 2.46. The molecule has 70 valence electrons. The first-order valence-electron chi connectivity index (χ1n) is 4.16. The summed E-state index contributed by atoms with van der Waals surface area (Å²) in [6.45, 7) is 1.02. The number of nitrogens with one attached hydrogen (secondary N) is 1. The number of aromatic amines is 1. The highest BCUT2D eigenvalue weighted by Crippen LogP contribution is 2.35. The van der Waals surface area contributed by atoms with Gasteiger partial charge in [-0.2, -0.15) is 0 Å². The maximum atomic E-state index is 10.6. The van der Waals surface area contributed by atoms with Crippen LogP contribution in [0.4, 0.5) is 0 Å². The minimum atomic E-state index is -0.774. The van der Waals surface area contributed by atoms with Gasteiger partial charge in [0.15, 0.2) is 0 Å². The molecule has 4 nitrogen and oxygen atoms in total. The van der Waals surface area contributed by atoms with Crippen LogP contribution in [0.2, 0.25) is 0 Å².